The fraction of sp³-hybridized carbons (Fsp3) is 0.222. The van der Waals surface area contributed by atoms with Gasteiger partial charge in [-0.25, -0.2) is 0 Å². The number of hydrogen-bond donors (Lipinski definition) is 0. The third kappa shape index (κ3) is 4.56. The molecular weight excluding hydrogens is 414 g/mol. The number of nitrogens with zero attached hydrogens (tertiary/aromatic N) is 3. The molecule has 148 valence electrons. The Kier molecular flexibility index (Phi) is 5.55. The Morgan fingerprint density at radius 2 is 1.71 bits per heavy atom. The molecule has 3 aromatic rings. The minimum atomic E-state index is -4.69. The van der Waals surface area contributed by atoms with Crippen molar-refractivity contribution in [3.05, 3.63) is 65.0 Å². The zero-order chi connectivity index (χ0) is 20.5. The van der Waals surface area contributed by atoms with E-state index in [-0.39, 0.29) is 12.0 Å². The first-order valence-corrected chi connectivity index (χ1v) is 10.8. The van der Waals surface area contributed by atoms with E-state index in [1.807, 2.05) is 0 Å². The van der Waals surface area contributed by atoms with Gasteiger partial charge in [-0.05, 0) is 29.8 Å². The van der Waals surface area contributed by atoms with Gasteiger partial charge in [0.1, 0.15) is 0 Å². The number of benzene rings is 2. The second-order valence-corrected chi connectivity index (χ2v) is 9.78. The SMILES string of the molecule is CN(c1ccc(Cl)cc1)P(C)(=O)Cc1ccc(-c2noc(C(F)(F)F)n2)cc1. The second-order valence-electron chi connectivity index (χ2n) is 6.33. The highest BCUT2D eigenvalue weighted by Crippen LogP contribution is 2.50. The highest BCUT2D eigenvalue weighted by atomic mass is 35.5. The quantitative estimate of drug-likeness (QED) is 0.469. The summed E-state index contributed by atoms with van der Waals surface area (Å²) >= 11 is 5.89. The zero-order valence-electron chi connectivity index (χ0n) is 14.9. The summed E-state index contributed by atoms with van der Waals surface area (Å²) < 4.78 is 56.8. The van der Waals surface area contributed by atoms with Crippen LogP contribution in [0.4, 0.5) is 18.9 Å². The highest BCUT2D eigenvalue weighted by molar-refractivity contribution is 7.64. The molecule has 3 rings (SSSR count). The van der Waals surface area contributed by atoms with Crippen LogP contribution in [0.1, 0.15) is 11.5 Å². The minimum Gasteiger partial charge on any atom is -0.329 e. The molecule has 1 heterocycles. The third-order valence-corrected chi connectivity index (χ3v) is 6.90. The topological polar surface area (TPSA) is 59.2 Å². The summed E-state index contributed by atoms with van der Waals surface area (Å²) in [5.74, 6) is -1.55. The Morgan fingerprint density at radius 1 is 1.11 bits per heavy atom. The smallest absolute Gasteiger partial charge is 0.329 e. The fourth-order valence-corrected chi connectivity index (χ4v) is 4.41. The van der Waals surface area contributed by atoms with Crippen molar-refractivity contribution >= 4 is 24.6 Å². The molecule has 0 saturated carbocycles. The van der Waals surface area contributed by atoms with Crippen LogP contribution in [0.25, 0.3) is 11.4 Å². The van der Waals surface area contributed by atoms with Crippen molar-refractivity contribution in [3.63, 3.8) is 0 Å². The summed E-state index contributed by atoms with van der Waals surface area (Å²) in [5.41, 5.74) is 1.92. The molecule has 5 nitrogen and oxygen atoms in total. The summed E-state index contributed by atoms with van der Waals surface area (Å²) in [4.78, 5) is 3.35. The van der Waals surface area contributed by atoms with E-state index in [0.29, 0.717) is 10.6 Å². The molecule has 0 N–H and O–H groups in total. The fourth-order valence-electron chi connectivity index (χ4n) is 2.56. The predicted molar refractivity (Wildman–Crippen MR) is 102 cm³/mol. The van der Waals surface area contributed by atoms with Crippen LogP contribution in [0.2, 0.25) is 5.02 Å². The van der Waals surface area contributed by atoms with E-state index in [0.717, 1.165) is 11.3 Å². The standard InChI is InChI=1S/C18H16ClF3N3O2P/c1-25(15-9-7-14(19)8-10-15)28(2,26)11-12-3-5-13(6-4-12)16-23-17(27-24-16)18(20,21)22/h3-10H,11H2,1-2H3. The molecule has 0 aliphatic carbocycles. The van der Waals surface area contributed by atoms with Crippen LogP contribution in [-0.2, 0) is 16.9 Å². The number of alkyl halides is 3. The summed E-state index contributed by atoms with van der Waals surface area (Å²) in [6.07, 6.45) is -4.40. The second kappa shape index (κ2) is 7.60. The van der Waals surface area contributed by atoms with Crippen molar-refractivity contribution in [2.45, 2.75) is 12.3 Å². The average Bonchev–Trinajstić information content (AvgIpc) is 3.13. The molecule has 0 amide bonds. The number of aromatic nitrogens is 2. The van der Waals surface area contributed by atoms with E-state index >= 15 is 0 Å². The summed E-state index contributed by atoms with van der Waals surface area (Å²) in [6, 6.07) is 13.5. The molecule has 0 aliphatic rings. The van der Waals surface area contributed by atoms with E-state index in [2.05, 4.69) is 14.7 Å². The summed E-state index contributed by atoms with van der Waals surface area (Å²) in [5, 5.41) is 3.94. The number of halogens is 4. The summed E-state index contributed by atoms with van der Waals surface area (Å²) in [6.45, 7) is 1.67. The van der Waals surface area contributed by atoms with Crippen LogP contribution >= 0.6 is 18.9 Å². The lowest BCUT2D eigenvalue weighted by molar-refractivity contribution is -0.159. The summed E-state index contributed by atoms with van der Waals surface area (Å²) in [7, 11) is -1.01. The molecule has 0 fully saturated rings. The normalized spacial score (nSPS) is 13.9. The van der Waals surface area contributed by atoms with Crippen molar-refractivity contribution in [1.82, 2.24) is 10.1 Å². The maximum Gasteiger partial charge on any atom is 0.471 e. The van der Waals surface area contributed by atoms with Gasteiger partial charge in [-0.1, -0.05) is 41.0 Å². The molecule has 1 atom stereocenters. The molecular formula is C18H16ClF3N3O2P. The van der Waals surface area contributed by atoms with E-state index in [1.165, 1.54) is 0 Å². The van der Waals surface area contributed by atoms with Gasteiger partial charge in [-0.2, -0.15) is 18.2 Å². The molecule has 1 aromatic heterocycles. The Bertz CT molecular complexity index is 1000. The highest BCUT2D eigenvalue weighted by Gasteiger charge is 2.38. The molecule has 0 bridgehead atoms. The van der Waals surface area contributed by atoms with Gasteiger partial charge in [-0.3, -0.25) is 0 Å². The Labute approximate surface area is 164 Å². The van der Waals surface area contributed by atoms with E-state index in [9.17, 15) is 17.7 Å². The number of hydrogen-bond acceptors (Lipinski definition) is 4. The van der Waals surface area contributed by atoms with Crippen LogP contribution in [0.5, 0.6) is 0 Å². The van der Waals surface area contributed by atoms with Gasteiger partial charge in [0.2, 0.25) is 5.82 Å². The lowest BCUT2D eigenvalue weighted by Crippen LogP contribution is -2.14. The van der Waals surface area contributed by atoms with Gasteiger partial charge in [0.25, 0.3) is 0 Å². The first-order valence-electron chi connectivity index (χ1n) is 8.13. The molecule has 28 heavy (non-hydrogen) atoms. The molecule has 0 spiro atoms. The molecule has 0 aliphatic heterocycles. The van der Waals surface area contributed by atoms with E-state index in [1.54, 1.807) is 66.9 Å². The first-order chi connectivity index (χ1) is 13.1. The van der Waals surface area contributed by atoms with Crippen molar-refractivity contribution in [2.24, 2.45) is 0 Å². The van der Waals surface area contributed by atoms with Gasteiger partial charge in [0.05, 0.1) is 0 Å². The predicted octanol–water partition coefficient (Wildman–Crippen LogP) is 5.95. The number of anilines is 1. The Balaban J connectivity index is 1.75. The molecule has 0 radical (unpaired) electrons. The molecule has 1 unspecified atom stereocenters. The van der Waals surface area contributed by atoms with Crippen LogP contribution in [-0.4, -0.2) is 23.9 Å². The third-order valence-electron chi connectivity index (χ3n) is 4.19. The van der Waals surface area contributed by atoms with Crippen molar-refractivity contribution in [2.75, 3.05) is 18.4 Å². The van der Waals surface area contributed by atoms with Gasteiger partial charge >= 0.3 is 12.1 Å². The van der Waals surface area contributed by atoms with Crippen LogP contribution in [0.15, 0.2) is 53.1 Å². The largest absolute Gasteiger partial charge is 0.471 e. The lowest BCUT2D eigenvalue weighted by Gasteiger charge is -2.27. The van der Waals surface area contributed by atoms with Gasteiger partial charge in [0, 0.05) is 36.1 Å². The monoisotopic (exact) mass is 429 g/mol. The molecule has 2 aromatic carbocycles. The van der Waals surface area contributed by atoms with Gasteiger partial charge < -0.3 is 13.8 Å². The number of rotatable bonds is 5. The lowest BCUT2D eigenvalue weighted by atomic mass is 10.1. The average molecular weight is 430 g/mol. The Morgan fingerprint density at radius 3 is 2.25 bits per heavy atom. The maximum absolute atomic E-state index is 13.2. The van der Waals surface area contributed by atoms with Crippen LogP contribution < -0.4 is 4.67 Å². The zero-order valence-corrected chi connectivity index (χ0v) is 16.6. The Hall–Kier alpha value is -2.31. The van der Waals surface area contributed by atoms with Gasteiger partial charge in [-0.15, -0.1) is 0 Å². The van der Waals surface area contributed by atoms with Crippen molar-refractivity contribution < 1.29 is 22.3 Å². The molecule has 0 saturated heterocycles. The maximum atomic E-state index is 13.2. The van der Waals surface area contributed by atoms with E-state index in [4.69, 9.17) is 11.6 Å². The van der Waals surface area contributed by atoms with Crippen LogP contribution in [0, 0.1) is 0 Å². The minimum absolute atomic E-state index is 0.156. The van der Waals surface area contributed by atoms with Crippen molar-refractivity contribution in [1.29, 1.82) is 0 Å². The first kappa shape index (κ1) is 20.4. The van der Waals surface area contributed by atoms with Crippen molar-refractivity contribution in [3.8, 4) is 11.4 Å². The van der Waals surface area contributed by atoms with Gasteiger partial charge in [0.15, 0.2) is 7.29 Å². The van der Waals surface area contributed by atoms with Crippen LogP contribution in [0.3, 0.4) is 0 Å². The van der Waals surface area contributed by atoms with E-state index < -0.39 is 19.4 Å². The molecule has 10 heteroatoms.